The highest BCUT2D eigenvalue weighted by Gasteiger charge is 2.54. The Morgan fingerprint density at radius 1 is 1.17 bits per heavy atom. The number of hydrogen-bond acceptors (Lipinski definition) is 3. The van der Waals surface area contributed by atoms with Crippen LogP contribution >= 0.6 is 11.3 Å². The summed E-state index contributed by atoms with van der Waals surface area (Å²) in [6.45, 7) is 1.83. The molecule has 0 spiro atoms. The minimum absolute atomic E-state index is 0.0807. The van der Waals surface area contributed by atoms with Crippen LogP contribution in [0, 0.1) is 23.2 Å². The maximum absolute atomic E-state index is 13.3. The summed E-state index contributed by atoms with van der Waals surface area (Å²) in [5.74, 6) is 3.21. The molecule has 3 heteroatoms. The molecule has 1 aromatic rings. The van der Waals surface area contributed by atoms with Crippen molar-refractivity contribution in [3.8, 4) is 0 Å². The molecule has 1 aliphatic heterocycles. The van der Waals surface area contributed by atoms with E-state index in [2.05, 4.69) is 22.4 Å². The fraction of sp³-hybridized carbons (Fsp3) is 0.750. The quantitative estimate of drug-likeness (QED) is 0.800. The molecule has 124 valence electrons. The first-order chi connectivity index (χ1) is 11.2. The average Bonchev–Trinajstić information content (AvgIpc) is 3.16. The van der Waals surface area contributed by atoms with Gasteiger partial charge in [0.25, 0.3) is 0 Å². The van der Waals surface area contributed by atoms with Crippen molar-refractivity contribution in [2.24, 2.45) is 23.2 Å². The minimum atomic E-state index is 0.0807. The Labute approximate surface area is 143 Å². The van der Waals surface area contributed by atoms with Gasteiger partial charge in [0.05, 0.1) is 6.54 Å². The van der Waals surface area contributed by atoms with Crippen LogP contribution in [-0.2, 0) is 4.79 Å². The summed E-state index contributed by atoms with van der Waals surface area (Å²) in [5.41, 5.74) is 0.0807. The molecule has 5 aliphatic rings. The standard InChI is InChI=1S/C20H27NOS/c22-19(13-21-5-1-3-17(21)18-4-2-6-23-18)20-10-14-7-15(11-20)9-16(8-14)12-20/h2,4,6,14-17H,1,3,5,7-13H2/t14?,15?,16?,17-,20?/m0/s1. The van der Waals surface area contributed by atoms with Crippen LogP contribution in [0.2, 0.25) is 0 Å². The molecule has 6 rings (SSSR count). The summed E-state index contributed by atoms with van der Waals surface area (Å²) >= 11 is 1.86. The zero-order valence-corrected chi connectivity index (χ0v) is 14.7. The van der Waals surface area contributed by atoms with Gasteiger partial charge < -0.3 is 0 Å². The highest BCUT2D eigenvalue weighted by Crippen LogP contribution is 2.60. The molecule has 4 bridgehead atoms. The van der Waals surface area contributed by atoms with Gasteiger partial charge >= 0.3 is 0 Å². The predicted octanol–water partition coefficient (Wildman–Crippen LogP) is 4.67. The Bertz CT molecular complexity index is 558. The van der Waals surface area contributed by atoms with E-state index in [0.29, 0.717) is 18.4 Å². The van der Waals surface area contributed by atoms with E-state index < -0.39 is 0 Å². The van der Waals surface area contributed by atoms with Crippen LogP contribution < -0.4 is 0 Å². The van der Waals surface area contributed by atoms with Crippen LogP contribution in [0.4, 0.5) is 0 Å². The smallest absolute Gasteiger partial charge is 0.153 e. The molecule has 1 saturated heterocycles. The van der Waals surface area contributed by atoms with Crippen LogP contribution in [0.1, 0.15) is 62.3 Å². The molecule has 0 N–H and O–H groups in total. The average molecular weight is 330 g/mol. The number of likely N-dealkylation sites (tertiary alicyclic amines) is 1. The molecule has 4 saturated carbocycles. The van der Waals surface area contributed by atoms with Crippen molar-refractivity contribution in [1.82, 2.24) is 4.90 Å². The summed E-state index contributed by atoms with van der Waals surface area (Å²) in [4.78, 5) is 17.3. The maximum Gasteiger partial charge on any atom is 0.153 e. The Hall–Kier alpha value is -0.670. The van der Waals surface area contributed by atoms with Crippen molar-refractivity contribution in [3.63, 3.8) is 0 Å². The summed E-state index contributed by atoms with van der Waals surface area (Å²) in [6, 6.07) is 4.91. The van der Waals surface area contributed by atoms with Gasteiger partial charge in [0.1, 0.15) is 0 Å². The number of carbonyl (C=O) groups is 1. The summed E-state index contributed by atoms with van der Waals surface area (Å²) in [6.07, 6.45) is 10.4. The van der Waals surface area contributed by atoms with Gasteiger partial charge in [-0.2, -0.15) is 0 Å². The third-order valence-corrected chi connectivity index (χ3v) is 8.19. The topological polar surface area (TPSA) is 20.3 Å². The van der Waals surface area contributed by atoms with E-state index in [-0.39, 0.29) is 5.41 Å². The van der Waals surface area contributed by atoms with Crippen molar-refractivity contribution >= 4 is 17.1 Å². The van der Waals surface area contributed by atoms with Crippen molar-refractivity contribution in [2.75, 3.05) is 13.1 Å². The summed E-state index contributed by atoms with van der Waals surface area (Å²) in [5, 5.41) is 2.17. The highest BCUT2D eigenvalue weighted by molar-refractivity contribution is 7.10. The van der Waals surface area contributed by atoms with E-state index in [1.54, 1.807) is 0 Å². The van der Waals surface area contributed by atoms with Gasteiger partial charge in [0.2, 0.25) is 0 Å². The monoisotopic (exact) mass is 329 g/mol. The number of nitrogens with zero attached hydrogens (tertiary/aromatic N) is 1. The molecule has 0 unspecified atom stereocenters. The van der Waals surface area contributed by atoms with Crippen LogP contribution in [0.15, 0.2) is 17.5 Å². The Balaban J connectivity index is 1.33. The SMILES string of the molecule is O=C(CN1CCC[C@H]1c1cccs1)C12CC3CC(CC(C3)C1)C2. The molecule has 2 heterocycles. The van der Waals surface area contributed by atoms with E-state index in [4.69, 9.17) is 0 Å². The van der Waals surface area contributed by atoms with Gasteiger partial charge in [-0.15, -0.1) is 11.3 Å². The van der Waals surface area contributed by atoms with Gasteiger partial charge in [0, 0.05) is 16.3 Å². The molecular formula is C20H27NOS. The van der Waals surface area contributed by atoms with Crippen molar-refractivity contribution in [3.05, 3.63) is 22.4 Å². The zero-order valence-electron chi connectivity index (χ0n) is 13.9. The van der Waals surface area contributed by atoms with E-state index >= 15 is 0 Å². The first-order valence-electron chi connectivity index (χ1n) is 9.53. The second-order valence-corrected chi connectivity index (χ2v) is 9.74. The molecule has 5 fully saturated rings. The normalized spacial score (nSPS) is 42.4. The molecule has 0 amide bonds. The molecule has 0 radical (unpaired) electrons. The van der Waals surface area contributed by atoms with Gasteiger partial charge in [-0.1, -0.05) is 6.07 Å². The first-order valence-corrected chi connectivity index (χ1v) is 10.4. The van der Waals surface area contributed by atoms with E-state index in [1.807, 2.05) is 11.3 Å². The number of Topliss-reactive ketones (excluding diaryl/α,β-unsaturated/α-hetero) is 1. The first kappa shape index (κ1) is 14.7. The Kier molecular flexibility index (Phi) is 3.45. The lowest BCUT2D eigenvalue weighted by Gasteiger charge is -2.56. The van der Waals surface area contributed by atoms with E-state index in [1.165, 1.54) is 56.2 Å². The largest absolute Gasteiger partial charge is 0.298 e. The summed E-state index contributed by atoms with van der Waals surface area (Å²) < 4.78 is 0. The van der Waals surface area contributed by atoms with Crippen LogP contribution in [0.25, 0.3) is 0 Å². The number of ketones is 1. The predicted molar refractivity (Wildman–Crippen MR) is 93.5 cm³/mol. The number of thiophene rings is 1. The lowest BCUT2D eigenvalue weighted by molar-refractivity contribution is -0.145. The number of hydrogen-bond donors (Lipinski definition) is 0. The van der Waals surface area contributed by atoms with Gasteiger partial charge in [-0.3, -0.25) is 9.69 Å². The molecule has 23 heavy (non-hydrogen) atoms. The molecule has 1 atom stereocenters. The van der Waals surface area contributed by atoms with Crippen LogP contribution in [-0.4, -0.2) is 23.8 Å². The molecular weight excluding hydrogens is 302 g/mol. The van der Waals surface area contributed by atoms with Crippen LogP contribution in [0.3, 0.4) is 0 Å². The minimum Gasteiger partial charge on any atom is -0.298 e. The second-order valence-electron chi connectivity index (χ2n) is 8.76. The third-order valence-electron chi connectivity index (χ3n) is 7.21. The lowest BCUT2D eigenvalue weighted by atomic mass is 9.48. The number of rotatable bonds is 4. The Morgan fingerprint density at radius 3 is 2.48 bits per heavy atom. The van der Waals surface area contributed by atoms with Gasteiger partial charge in [-0.05, 0) is 87.1 Å². The fourth-order valence-electron chi connectivity index (χ4n) is 6.62. The zero-order chi connectivity index (χ0) is 15.4. The lowest BCUT2D eigenvalue weighted by Crippen LogP contribution is -2.52. The molecule has 2 nitrogen and oxygen atoms in total. The molecule has 1 aromatic heterocycles. The summed E-state index contributed by atoms with van der Waals surface area (Å²) in [7, 11) is 0. The Morgan fingerprint density at radius 2 is 1.87 bits per heavy atom. The fourth-order valence-corrected chi connectivity index (χ4v) is 7.52. The highest BCUT2D eigenvalue weighted by atomic mass is 32.1. The van der Waals surface area contributed by atoms with Crippen molar-refractivity contribution in [1.29, 1.82) is 0 Å². The van der Waals surface area contributed by atoms with Gasteiger partial charge in [-0.25, -0.2) is 0 Å². The van der Waals surface area contributed by atoms with Crippen LogP contribution in [0.5, 0.6) is 0 Å². The van der Waals surface area contributed by atoms with Crippen molar-refractivity contribution in [2.45, 2.75) is 57.4 Å². The molecule has 4 aliphatic carbocycles. The van der Waals surface area contributed by atoms with Crippen molar-refractivity contribution < 1.29 is 4.79 Å². The maximum atomic E-state index is 13.3. The third kappa shape index (κ3) is 2.42. The molecule has 0 aromatic carbocycles. The van der Waals surface area contributed by atoms with E-state index in [9.17, 15) is 4.79 Å². The van der Waals surface area contributed by atoms with Gasteiger partial charge in [0.15, 0.2) is 5.78 Å². The second kappa shape index (κ2) is 5.42. The van der Waals surface area contributed by atoms with E-state index in [0.717, 1.165) is 24.3 Å². The number of carbonyl (C=O) groups excluding carboxylic acids is 1.